The molecule has 4 nitrogen and oxygen atoms in total. The highest BCUT2D eigenvalue weighted by atomic mass is 19.1. The highest BCUT2D eigenvalue weighted by molar-refractivity contribution is 6.15. The van der Waals surface area contributed by atoms with Gasteiger partial charge in [-0.2, -0.15) is 4.39 Å². The minimum Gasteiger partial charge on any atom is -0.331 e. The maximum atomic E-state index is 13.6. The van der Waals surface area contributed by atoms with Gasteiger partial charge in [0.1, 0.15) is 0 Å². The maximum Gasteiger partial charge on any atom is 0.227 e. The summed E-state index contributed by atoms with van der Waals surface area (Å²) in [5.74, 6) is -0.366. The Morgan fingerprint density at radius 3 is 2.66 bits per heavy atom. The Kier molecular flexibility index (Phi) is 4.23. The molecular weight excluding hydrogens is 365 g/mol. The predicted octanol–water partition coefficient (Wildman–Crippen LogP) is 4.22. The van der Waals surface area contributed by atoms with Gasteiger partial charge in [0.05, 0.1) is 24.7 Å². The standard InChI is InChI=1S/C24H20FN3O/c1-15(16-5-3-2-4-6-16)28-14-20-10-21-19(9-18(20)12-23(28)29)13-27-24(21)17-7-8-26-22(25)11-17/h2-11,15H,12-14H2,1H3/t15-/m1/s1. The number of hydrogen-bond acceptors (Lipinski definition) is 3. The van der Waals surface area contributed by atoms with Gasteiger partial charge in [-0.3, -0.25) is 9.79 Å². The summed E-state index contributed by atoms with van der Waals surface area (Å²) >= 11 is 0. The van der Waals surface area contributed by atoms with Crippen molar-refractivity contribution in [2.24, 2.45) is 4.99 Å². The Hall–Kier alpha value is -3.34. The molecule has 2 aromatic carbocycles. The number of rotatable bonds is 3. The third-order valence-electron chi connectivity index (χ3n) is 5.84. The second kappa shape index (κ2) is 6.92. The van der Waals surface area contributed by atoms with Gasteiger partial charge in [-0.1, -0.05) is 36.4 Å². The number of nitrogens with zero attached hydrogens (tertiary/aromatic N) is 3. The van der Waals surface area contributed by atoms with Gasteiger partial charge in [-0.05, 0) is 41.3 Å². The number of hydrogen-bond donors (Lipinski definition) is 0. The van der Waals surface area contributed by atoms with Crippen molar-refractivity contribution in [3.63, 3.8) is 0 Å². The molecule has 5 rings (SSSR count). The fourth-order valence-corrected chi connectivity index (χ4v) is 4.25. The van der Waals surface area contributed by atoms with E-state index in [0.29, 0.717) is 19.5 Å². The lowest BCUT2D eigenvalue weighted by Gasteiger charge is -2.34. The number of fused-ring (bicyclic) bond motifs is 2. The Bertz CT molecular complexity index is 1140. The minimum atomic E-state index is -0.509. The molecule has 29 heavy (non-hydrogen) atoms. The molecule has 2 aliphatic heterocycles. The van der Waals surface area contributed by atoms with Crippen LogP contribution in [0.4, 0.5) is 4.39 Å². The van der Waals surface area contributed by atoms with Crippen LogP contribution in [0.15, 0.2) is 65.8 Å². The van der Waals surface area contributed by atoms with Gasteiger partial charge in [0.2, 0.25) is 11.9 Å². The van der Waals surface area contributed by atoms with Crippen LogP contribution in [0.25, 0.3) is 0 Å². The van der Waals surface area contributed by atoms with E-state index in [9.17, 15) is 9.18 Å². The molecule has 0 aliphatic carbocycles. The molecule has 3 heterocycles. The molecule has 1 atom stereocenters. The summed E-state index contributed by atoms with van der Waals surface area (Å²) in [7, 11) is 0. The van der Waals surface area contributed by atoms with Gasteiger partial charge in [0.25, 0.3) is 0 Å². The van der Waals surface area contributed by atoms with Gasteiger partial charge in [0, 0.05) is 29.9 Å². The SMILES string of the molecule is C[C@H](c1ccccc1)N1Cc2cc3c(cc2CC1=O)CN=C3c1ccnc(F)c1. The van der Waals surface area contributed by atoms with Crippen molar-refractivity contribution in [3.8, 4) is 0 Å². The number of halogens is 1. The summed E-state index contributed by atoms with van der Waals surface area (Å²) in [5.41, 5.74) is 6.98. The summed E-state index contributed by atoms with van der Waals surface area (Å²) in [6.07, 6.45) is 1.87. The summed E-state index contributed by atoms with van der Waals surface area (Å²) < 4.78 is 13.6. The van der Waals surface area contributed by atoms with E-state index < -0.39 is 5.95 Å². The third kappa shape index (κ3) is 3.12. The first-order chi connectivity index (χ1) is 14.1. The minimum absolute atomic E-state index is 0.00698. The van der Waals surface area contributed by atoms with Crippen LogP contribution in [-0.2, 0) is 24.3 Å². The second-order valence-electron chi connectivity index (χ2n) is 7.60. The molecule has 0 radical (unpaired) electrons. The van der Waals surface area contributed by atoms with Crippen molar-refractivity contribution in [1.82, 2.24) is 9.88 Å². The zero-order valence-electron chi connectivity index (χ0n) is 16.1. The third-order valence-corrected chi connectivity index (χ3v) is 5.84. The van der Waals surface area contributed by atoms with E-state index in [1.165, 1.54) is 12.3 Å². The van der Waals surface area contributed by atoms with Crippen LogP contribution in [0.5, 0.6) is 0 Å². The molecule has 0 unspecified atom stereocenters. The van der Waals surface area contributed by atoms with Crippen LogP contribution >= 0.6 is 0 Å². The van der Waals surface area contributed by atoms with Crippen molar-refractivity contribution in [1.29, 1.82) is 0 Å². The molecule has 0 bridgehead atoms. The monoisotopic (exact) mass is 385 g/mol. The van der Waals surface area contributed by atoms with Crippen LogP contribution in [0.1, 0.15) is 46.3 Å². The first kappa shape index (κ1) is 17.7. The van der Waals surface area contributed by atoms with Crippen molar-refractivity contribution in [3.05, 3.63) is 100 Å². The average Bonchev–Trinajstić information content (AvgIpc) is 3.14. The number of benzene rings is 2. The van der Waals surface area contributed by atoms with Gasteiger partial charge in [-0.25, -0.2) is 4.98 Å². The van der Waals surface area contributed by atoms with E-state index in [1.54, 1.807) is 6.07 Å². The first-order valence-electron chi connectivity index (χ1n) is 9.76. The Labute approximate surface area is 168 Å². The number of amides is 1. The molecule has 144 valence electrons. The molecule has 0 N–H and O–H groups in total. The Morgan fingerprint density at radius 1 is 1.03 bits per heavy atom. The van der Waals surface area contributed by atoms with Gasteiger partial charge in [-0.15, -0.1) is 0 Å². The van der Waals surface area contributed by atoms with Gasteiger partial charge < -0.3 is 4.90 Å². The summed E-state index contributed by atoms with van der Waals surface area (Å²) in [4.78, 5) is 23.0. The quantitative estimate of drug-likeness (QED) is 0.634. The Morgan fingerprint density at radius 2 is 1.86 bits per heavy atom. The van der Waals surface area contributed by atoms with Crippen molar-refractivity contribution in [2.75, 3.05) is 0 Å². The number of aliphatic imine (C=N–C) groups is 1. The second-order valence-corrected chi connectivity index (χ2v) is 7.60. The lowest BCUT2D eigenvalue weighted by atomic mass is 9.90. The molecule has 3 aromatic rings. The highest BCUT2D eigenvalue weighted by Gasteiger charge is 2.30. The van der Waals surface area contributed by atoms with Crippen LogP contribution in [-0.4, -0.2) is 21.5 Å². The fourth-order valence-electron chi connectivity index (χ4n) is 4.25. The smallest absolute Gasteiger partial charge is 0.227 e. The predicted molar refractivity (Wildman–Crippen MR) is 109 cm³/mol. The molecule has 0 spiro atoms. The van der Waals surface area contributed by atoms with Crippen molar-refractivity contribution in [2.45, 2.75) is 32.5 Å². The molecule has 0 saturated heterocycles. The van der Waals surface area contributed by atoms with Crippen molar-refractivity contribution < 1.29 is 9.18 Å². The number of carbonyl (C=O) groups excluding carboxylic acids is 1. The van der Waals surface area contributed by atoms with E-state index >= 15 is 0 Å². The maximum absolute atomic E-state index is 13.6. The van der Waals surface area contributed by atoms with E-state index in [1.807, 2.05) is 23.1 Å². The van der Waals surface area contributed by atoms with Gasteiger partial charge >= 0.3 is 0 Å². The number of carbonyl (C=O) groups is 1. The average molecular weight is 385 g/mol. The lowest BCUT2D eigenvalue weighted by Crippen LogP contribution is -2.38. The van der Waals surface area contributed by atoms with Crippen LogP contribution in [0.2, 0.25) is 0 Å². The summed E-state index contributed by atoms with van der Waals surface area (Å²) in [5, 5.41) is 0. The van der Waals surface area contributed by atoms with Crippen molar-refractivity contribution >= 4 is 11.6 Å². The van der Waals surface area contributed by atoms with Crippen LogP contribution in [0, 0.1) is 5.95 Å². The zero-order chi connectivity index (χ0) is 20.0. The van der Waals surface area contributed by atoms with E-state index in [4.69, 9.17) is 0 Å². The molecule has 2 aliphatic rings. The summed E-state index contributed by atoms with van der Waals surface area (Å²) in [6.45, 7) is 3.19. The summed E-state index contributed by atoms with van der Waals surface area (Å²) in [6, 6.07) is 17.5. The molecule has 0 fully saturated rings. The van der Waals surface area contributed by atoms with Crippen LogP contribution in [0.3, 0.4) is 0 Å². The molecule has 0 saturated carbocycles. The van der Waals surface area contributed by atoms with Gasteiger partial charge in [0.15, 0.2) is 0 Å². The molecule has 1 amide bonds. The topological polar surface area (TPSA) is 45.6 Å². The first-order valence-corrected chi connectivity index (χ1v) is 9.76. The fraction of sp³-hybridized carbons (Fsp3) is 0.208. The van der Waals surface area contributed by atoms with E-state index in [2.05, 4.69) is 41.2 Å². The van der Waals surface area contributed by atoms with E-state index in [0.717, 1.165) is 39.1 Å². The van der Waals surface area contributed by atoms with E-state index in [-0.39, 0.29) is 11.9 Å². The lowest BCUT2D eigenvalue weighted by molar-refractivity contribution is -0.134. The largest absolute Gasteiger partial charge is 0.331 e. The normalized spacial score (nSPS) is 16.3. The molecular formula is C24H20FN3O. The molecule has 5 heteroatoms. The molecule has 1 aromatic heterocycles. The number of aromatic nitrogens is 1. The highest BCUT2D eigenvalue weighted by Crippen LogP contribution is 2.33. The number of pyridine rings is 1. The Balaban J connectivity index is 1.49. The van der Waals surface area contributed by atoms with Crippen LogP contribution < -0.4 is 0 Å². The zero-order valence-corrected chi connectivity index (χ0v) is 16.1.